The van der Waals surface area contributed by atoms with E-state index in [0.717, 1.165) is 5.56 Å². The Morgan fingerprint density at radius 1 is 1.38 bits per heavy atom. The molecule has 0 amide bonds. The van der Waals surface area contributed by atoms with E-state index in [9.17, 15) is 14.9 Å². The Kier molecular flexibility index (Phi) is 6.53. The van der Waals surface area contributed by atoms with Gasteiger partial charge in [0.25, 0.3) is 0 Å². The van der Waals surface area contributed by atoms with Crippen LogP contribution in [0.25, 0.3) is 17.3 Å². The number of hydrogen-bond acceptors (Lipinski definition) is 5. The summed E-state index contributed by atoms with van der Waals surface area (Å²) in [5, 5.41) is 23.0. The number of aromatic nitrogens is 2. The molecule has 1 heterocycles. The predicted octanol–water partition coefficient (Wildman–Crippen LogP) is 3.15. The van der Waals surface area contributed by atoms with Gasteiger partial charge < -0.3 is 9.84 Å². The molecule has 0 fully saturated rings. The van der Waals surface area contributed by atoms with Crippen LogP contribution in [0.3, 0.4) is 0 Å². The molecule has 8 heteroatoms. The van der Waals surface area contributed by atoms with Crippen molar-refractivity contribution in [2.45, 2.75) is 19.9 Å². The molecule has 2 aromatic rings. The van der Waals surface area contributed by atoms with E-state index in [1.165, 1.54) is 10.8 Å². The van der Waals surface area contributed by atoms with Crippen molar-refractivity contribution in [3.05, 3.63) is 46.6 Å². The zero-order valence-corrected chi connectivity index (χ0v) is 14.7. The van der Waals surface area contributed by atoms with E-state index in [0.29, 0.717) is 16.3 Å². The molecule has 0 atom stereocenters. The number of carbonyl (C=O) groups excluding carboxylic acids is 1. The first-order valence-corrected chi connectivity index (χ1v) is 8.16. The average molecular weight is 374 g/mol. The number of aryl methyl sites for hydroxylation is 1. The van der Waals surface area contributed by atoms with E-state index in [1.54, 1.807) is 37.4 Å². The van der Waals surface area contributed by atoms with Gasteiger partial charge >= 0.3 is 11.9 Å². The van der Waals surface area contributed by atoms with E-state index in [1.807, 2.05) is 6.07 Å². The summed E-state index contributed by atoms with van der Waals surface area (Å²) in [7, 11) is 0. The van der Waals surface area contributed by atoms with E-state index < -0.39 is 11.9 Å². The fraction of sp³-hybridized carbons (Fsp3) is 0.222. The van der Waals surface area contributed by atoms with Crippen molar-refractivity contribution in [1.82, 2.24) is 9.78 Å². The maximum atomic E-state index is 11.9. The Hall–Kier alpha value is -3.11. The largest absolute Gasteiger partial charge is 0.481 e. The molecule has 1 aromatic carbocycles. The number of hydrogen-bond donors (Lipinski definition) is 1. The SMILES string of the molecule is CCOC(=O)/C(C#N)=C/c1cn(CCC(=O)O)nc1-c1ccc(Cl)cc1. The highest BCUT2D eigenvalue weighted by Crippen LogP contribution is 2.26. The third-order valence-corrected chi connectivity index (χ3v) is 3.63. The topological polar surface area (TPSA) is 105 Å². The van der Waals surface area contributed by atoms with E-state index in [-0.39, 0.29) is 25.1 Å². The Labute approximate surface area is 155 Å². The summed E-state index contributed by atoms with van der Waals surface area (Å²) < 4.78 is 6.32. The number of nitrogens with zero attached hydrogens (tertiary/aromatic N) is 3. The fourth-order valence-corrected chi connectivity index (χ4v) is 2.33. The van der Waals surface area contributed by atoms with Crippen LogP contribution in [0.15, 0.2) is 36.0 Å². The van der Waals surface area contributed by atoms with Crippen LogP contribution in [0, 0.1) is 11.3 Å². The summed E-state index contributed by atoms with van der Waals surface area (Å²) in [5.74, 6) is -1.68. The van der Waals surface area contributed by atoms with Gasteiger partial charge in [-0.15, -0.1) is 0 Å². The number of benzene rings is 1. The number of aliphatic carboxylic acids is 1. The number of halogens is 1. The lowest BCUT2D eigenvalue weighted by Gasteiger charge is -2.01. The van der Waals surface area contributed by atoms with Gasteiger partial charge in [0.2, 0.25) is 0 Å². The van der Waals surface area contributed by atoms with Crippen LogP contribution in [-0.4, -0.2) is 33.4 Å². The summed E-state index contributed by atoms with van der Waals surface area (Å²) in [6.45, 7) is 1.96. The van der Waals surface area contributed by atoms with E-state index in [2.05, 4.69) is 5.10 Å². The first-order valence-electron chi connectivity index (χ1n) is 7.78. The molecule has 0 saturated heterocycles. The van der Waals surface area contributed by atoms with Crippen molar-refractivity contribution >= 4 is 29.6 Å². The van der Waals surface area contributed by atoms with E-state index >= 15 is 0 Å². The molecule has 2 rings (SSSR count). The van der Waals surface area contributed by atoms with Gasteiger partial charge in [0.05, 0.1) is 25.3 Å². The third-order valence-electron chi connectivity index (χ3n) is 3.38. The highest BCUT2D eigenvalue weighted by Gasteiger charge is 2.15. The van der Waals surface area contributed by atoms with Crippen LogP contribution in [0.1, 0.15) is 18.9 Å². The van der Waals surface area contributed by atoms with Crippen LogP contribution in [0.5, 0.6) is 0 Å². The molecule has 0 bridgehead atoms. The second-order valence-electron chi connectivity index (χ2n) is 5.24. The van der Waals surface area contributed by atoms with Crippen molar-refractivity contribution in [3.8, 4) is 17.3 Å². The summed E-state index contributed by atoms with van der Waals surface area (Å²) in [6, 6.07) is 8.70. The maximum Gasteiger partial charge on any atom is 0.348 e. The van der Waals surface area contributed by atoms with Crippen molar-refractivity contribution < 1.29 is 19.4 Å². The minimum Gasteiger partial charge on any atom is -0.481 e. The number of rotatable bonds is 7. The quantitative estimate of drug-likeness (QED) is 0.454. The lowest BCUT2D eigenvalue weighted by atomic mass is 10.1. The Balaban J connectivity index is 2.47. The van der Waals surface area contributed by atoms with Crippen LogP contribution < -0.4 is 0 Å². The monoisotopic (exact) mass is 373 g/mol. The molecular formula is C18H16ClN3O4. The Morgan fingerprint density at radius 2 is 2.08 bits per heavy atom. The predicted molar refractivity (Wildman–Crippen MR) is 95.1 cm³/mol. The average Bonchev–Trinajstić information content (AvgIpc) is 3.01. The minimum absolute atomic E-state index is 0.103. The van der Waals surface area contributed by atoms with Crippen molar-refractivity contribution in [2.75, 3.05) is 6.61 Å². The maximum absolute atomic E-state index is 11.9. The number of esters is 1. The fourth-order valence-electron chi connectivity index (χ4n) is 2.20. The molecule has 7 nitrogen and oxygen atoms in total. The molecule has 134 valence electrons. The highest BCUT2D eigenvalue weighted by atomic mass is 35.5. The van der Waals surface area contributed by atoms with Crippen LogP contribution >= 0.6 is 11.6 Å². The molecular weight excluding hydrogens is 358 g/mol. The molecule has 0 unspecified atom stereocenters. The Morgan fingerprint density at radius 3 is 2.65 bits per heavy atom. The highest BCUT2D eigenvalue weighted by molar-refractivity contribution is 6.30. The lowest BCUT2D eigenvalue weighted by molar-refractivity contribution is -0.138. The molecule has 0 saturated carbocycles. The van der Waals surface area contributed by atoms with Crippen LogP contribution in [0.2, 0.25) is 5.02 Å². The molecule has 1 N–H and O–H groups in total. The molecule has 0 aliphatic heterocycles. The summed E-state index contributed by atoms with van der Waals surface area (Å²) >= 11 is 5.90. The molecule has 0 spiro atoms. The number of nitriles is 1. The number of ether oxygens (including phenoxy) is 1. The summed E-state index contributed by atoms with van der Waals surface area (Å²) in [6.07, 6.45) is 2.86. The van der Waals surface area contributed by atoms with E-state index in [4.69, 9.17) is 21.4 Å². The lowest BCUT2D eigenvalue weighted by Crippen LogP contribution is -2.06. The van der Waals surface area contributed by atoms with Gasteiger partial charge in [-0.05, 0) is 25.1 Å². The number of carboxylic acids is 1. The third kappa shape index (κ3) is 4.94. The first-order chi connectivity index (χ1) is 12.4. The first kappa shape index (κ1) is 19.2. The molecule has 0 radical (unpaired) electrons. The number of carboxylic acid groups (broad SMARTS) is 1. The smallest absolute Gasteiger partial charge is 0.348 e. The van der Waals surface area contributed by atoms with Crippen LogP contribution in [-0.2, 0) is 20.9 Å². The molecule has 26 heavy (non-hydrogen) atoms. The zero-order valence-electron chi connectivity index (χ0n) is 14.0. The Bertz CT molecular complexity index is 879. The summed E-state index contributed by atoms with van der Waals surface area (Å²) in [4.78, 5) is 22.6. The van der Waals surface area contributed by atoms with Crippen LogP contribution in [0.4, 0.5) is 0 Å². The molecule has 1 aromatic heterocycles. The van der Waals surface area contributed by atoms with Crippen molar-refractivity contribution in [1.29, 1.82) is 5.26 Å². The van der Waals surface area contributed by atoms with Gasteiger partial charge in [0, 0.05) is 22.3 Å². The molecule has 0 aliphatic carbocycles. The molecule has 0 aliphatic rings. The van der Waals surface area contributed by atoms with Gasteiger partial charge in [-0.2, -0.15) is 10.4 Å². The van der Waals surface area contributed by atoms with Gasteiger partial charge in [0.1, 0.15) is 11.6 Å². The standard InChI is InChI=1S/C18H16ClN3O4/c1-2-26-18(25)13(10-20)9-14-11-22(8-7-16(23)24)21-17(14)12-3-5-15(19)6-4-12/h3-6,9,11H,2,7-8H2,1H3,(H,23,24)/b13-9+. The minimum atomic E-state index is -0.949. The van der Waals surface area contributed by atoms with Gasteiger partial charge in [-0.25, -0.2) is 4.79 Å². The normalized spacial score (nSPS) is 11.0. The number of carbonyl (C=O) groups is 2. The zero-order chi connectivity index (χ0) is 19.1. The second-order valence-corrected chi connectivity index (χ2v) is 5.67. The van der Waals surface area contributed by atoms with Crippen molar-refractivity contribution in [3.63, 3.8) is 0 Å². The van der Waals surface area contributed by atoms with Gasteiger partial charge in [-0.1, -0.05) is 23.7 Å². The van der Waals surface area contributed by atoms with Crippen molar-refractivity contribution in [2.24, 2.45) is 0 Å². The second kappa shape index (κ2) is 8.83. The summed E-state index contributed by atoms with van der Waals surface area (Å²) in [5.41, 5.74) is 1.56. The van der Waals surface area contributed by atoms with Gasteiger partial charge in [0.15, 0.2) is 0 Å². The van der Waals surface area contributed by atoms with Gasteiger partial charge in [-0.3, -0.25) is 9.48 Å².